The predicted molar refractivity (Wildman–Crippen MR) is 389 cm³/mol. The Labute approximate surface area is 565 Å². The number of unbranched alkanes of at least 4 members (excludes halogenated alkanes) is 41. The van der Waals surface area contributed by atoms with Gasteiger partial charge in [-0.3, -0.25) is 9.59 Å². The van der Waals surface area contributed by atoms with E-state index in [0.717, 1.165) is 96.3 Å². The molecule has 11 nitrogen and oxygen atoms in total. The van der Waals surface area contributed by atoms with Crippen LogP contribution >= 0.6 is 0 Å². The van der Waals surface area contributed by atoms with Crippen molar-refractivity contribution >= 4 is 11.9 Å². The zero-order chi connectivity index (χ0) is 66.7. The number of rotatable bonds is 67. The number of ether oxygens (including phenoxy) is 3. The normalized spacial score (nSPS) is 18.4. The average molecular weight is 1290 g/mol. The molecule has 0 saturated carbocycles. The molecule has 0 radical (unpaired) electrons. The van der Waals surface area contributed by atoms with E-state index in [4.69, 9.17) is 14.2 Å². The molecule has 92 heavy (non-hydrogen) atoms. The number of aliphatic hydroxyl groups is 5. The van der Waals surface area contributed by atoms with Crippen molar-refractivity contribution in [2.24, 2.45) is 0 Å². The van der Waals surface area contributed by atoms with Gasteiger partial charge in [-0.1, -0.05) is 337 Å². The number of hydrogen-bond donors (Lipinski definition) is 6. The quantitative estimate of drug-likeness (QED) is 0.0195. The molecule has 1 aliphatic heterocycles. The molecule has 534 valence electrons. The van der Waals surface area contributed by atoms with Gasteiger partial charge in [0.1, 0.15) is 24.4 Å². The zero-order valence-corrected chi connectivity index (χ0v) is 59.7. The Morgan fingerprint density at radius 1 is 0.435 bits per heavy atom. The highest BCUT2D eigenvalue weighted by Gasteiger charge is 2.47. The van der Waals surface area contributed by atoms with Gasteiger partial charge in [-0.25, -0.2) is 0 Å². The van der Waals surface area contributed by atoms with Crippen LogP contribution in [0.5, 0.6) is 0 Å². The lowest BCUT2D eigenvalue weighted by atomic mass is 9.99. The minimum atomic E-state index is -1.62. The molecule has 0 aromatic heterocycles. The van der Waals surface area contributed by atoms with Crippen LogP contribution in [-0.2, 0) is 23.8 Å². The summed E-state index contributed by atoms with van der Waals surface area (Å²) in [5, 5.41) is 57.4. The van der Waals surface area contributed by atoms with E-state index in [9.17, 15) is 35.1 Å². The molecule has 0 spiro atoms. The second-order valence-corrected chi connectivity index (χ2v) is 26.7. The molecule has 0 aliphatic carbocycles. The summed E-state index contributed by atoms with van der Waals surface area (Å²) in [5.41, 5.74) is 0. The summed E-state index contributed by atoms with van der Waals surface area (Å²) in [5.74, 6) is -1.19. The Hall–Kier alpha value is -3.16. The van der Waals surface area contributed by atoms with Crippen molar-refractivity contribution in [3.8, 4) is 0 Å². The topological polar surface area (TPSA) is 175 Å². The molecule has 1 aliphatic rings. The molecular formula is C81H145NO10. The van der Waals surface area contributed by atoms with Crippen LogP contribution in [0.15, 0.2) is 85.1 Å². The fourth-order valence-electron chi connectivity index (χ4n) is 12.0. The first kappa shape index (κ1) is 86.9. The van der Waals surface area contributed by atoms with Crippen LogP contribution in [-0.4, -0.2) is 99.6 Å². The van der Waals surface area contributed by atoms with Crippen LogP contribution in [0.25, 0.3) is 0 Å². The van der Waals surface area contributed by atoms with Gasteiger partial charge in [-0.2, -0.15) is 0 Å². The Morgan fingerprint density at radius 3 is 1.18 bits per heavy atom. The predicted octanol–water partition coefficient (Wildman–Crippen LogP) is 20.8. The van der Waals surface area contributed by atoms with Crippen molar-refractivity contribution in [3.63, 3.8) is 0 Å². The van der Waals surface area contributed by atoms with E-state index >= 15 is 0 Å². The van der Waals surface area contributed by atoms with Crippen LogP contribution in [0.1, 0.15) is 355 Å². The van der Waals surface area contributed by atoms with Gasteiger partial charge in [0.05, 0.1) is 25.4 Å². The maximum atomic E-state index is 13.5. The number of esters is 1. The number of amides is 1. The van der Waals surface area contributed by atoms with E-state index < -0.39 is 67.4 Å². The minimum Gasteiger partial charge on any atom is -0.454 e. The van der Waals surface area contributed by atoms with Crippen molar-refractivity contribution < 1.29 is 49.3 Å². The van der Waals surface area contributed by atoms with E-state index in [0.29, 0.717) is 12.8 Å². The summed E-state index contributed by atoms with van der Waals surface area (Å²) in [4.78, 5) is 26.8. The molecule has 1 fully saturated rings. The SMILES string of the molecule is CC/C=C\C/C=C\C/C=C\C/C=C\C/C=C\CCCCCCCCCCC(O)C(=O)NC(COC1OC(CO)C(O)C(O)C1OC(=O)CCCCCCCCCCCCCCCCCCC/C=C/CCCCCCCC)C(O)/C=C/CCCCCCCCCCCC. The molecule has 1 rings (SSSR count). The fraction of sp³-hybridized carbons (Fsp3) is 0.802. The van der Waals surface area contributed by atoms with Crippen molar-refractivity contribution in [1.29, 1.82) is 0 Å². The number of allylic oxidation sites excluding steroid dienone is 13. The Balaban J connectivity index is 2.51. The van der Waals surface area contributed by atoms with E-state index in [1.807, 2.05) is 6.08 Å². The average Bonchev–Trinajstić information content (AvgIpc) is 0.928. The van der Waals surface area contributed by atoms with Crippen LogP contribution < -0.4 is 5.32 Å². The molecule has 1 heterocycles. The zero-order valence-electron chi connectivity index (χ0n) is 59.7. The van der Waals surface area contributed by atoms with Gasteiger partial charge >= 0.3 is 5.97 Å². The third-order valence-corrected chi connectivity index (χ3v) is 18.0. The summed E-state index contributed by atoms with van der Waals surface area (Å²) >= 11 is 0. The lowest BCUT2D eigenvalue weighted by Crippen LogP contribution is -2.61. The van der Waals surface area contributed by atoms with Crippen molar-refractivity contribution in [3.05, 3.63) is 85.1 Å². The Bertz CT molecular complexity index is 1830. The van der Waals surface area contributed by atoms with E-state index in [1.165, 1.54) is 212 Å². The highest BCUT2D eigenvalue weighted by Crippen LogP contribution is 2.27. The van der Waals surface area contributed by atoms with Gasteiger partial charge in [0.2, 0.25) is 5.91 Å². The van der Waals surface area contributed by atoms with Crippen LogP contribution in [0.4, 0.5) is 0 Å². The fourth-order valence-corrected chi connectivity index (χ4v) is 12.0. The smallest absolute Gasteiger partial charge is 0.306 e. The van der Waals surface area contributed by atoms with Gasteiger partial charge in [-0.05, 0) is 96.3 Å². The summed E-state index contributed by atoms with van der Waals surface area (Å²) in [6, 6.07) is -1.03. The molecule has 0 aromatic rings. The van der Waals surface area contributed by atoms with Gasteiger partial charge in [0.25, 0.3) is 0 Å². The summed E-state index contributed by atoms with van der Waals surface area (Å²) in [7, 11) is 0. The van der Waals surface area contributed by atoms with Gasteiger partial charge in [0.15, 0.2) is 12.4 Å². The Morgan fingerprint density at radius 2 is 0.783 bits per heavy atom. The summed E-state index contributed by atoms with van der Waals surface area (Å²) in [6.07, 6.45) is 80.6. The molecule has 8 atom stereocenters. The number of carbonyl (C=O) groups excluding carboxylic acids is 2. The molecule has 8 unspecified atom stereocenters. The minimum absolute atomic E-state index is 0.124. The number of nitrogens with one attached hydrogen (secondary N) is 1. The van der Waals surface area contributed by atoms with E-state index in [2.05, 4.69) is 99.0 Å². The first-order valence-corrected chi connectivity index (χ1v) is 38.9. The first-order valence-electron chi connectivity index (χ1n) is 38.9. The molecule has 11 heteroatoms. The lowest BCUT2D eigenvalue weighted by Gasteiger charge is -2.41. The van der Waals surface area contributed by atoms with Crippen molar-refractivity contribution in [1.82, 2.24) is 5.32 Å². The number of hydrogen-bond acceptors (Lipinski definition) is 10. The van der Waals surface area contributed by atoms with E-state index in [1.54, 1.807) is 6.08 Å². The maximum absolute atomic E-state index is 13.5. The highest BCUT2D eigenvalue weighted by molar-refractivity contribution is 5.80. The van der Waals surface area contributed by atoms with Gasteiger partial charge in [-0.15, -0.1) is 0 Å². The highest BCUT2D eigenvalue weighted by atomic mass is 16.7. The van der Waals surface area contributed by atoms with Crippen LogP contribution in [0.2, 0.25) is 0 Å². The third kappa shape index (κ3) is 54.0. The number of aliphatic hydroxyl groups excluding tert-OH is 5. The molecule has 0 bridgehead atoms. The second kappa shape index (κ2) is 67.8. The number of carbonyl (C=O) groups is 2. The van der Waals surface area contributed by atoms with Crippen molar-refractivity contribution in [2.75, 3.05) is 13.2 Å². The first-order chi connectivity index (χ1) is 45.2. The summed E-state index contributed by atoms with van der Waals surface area (Å²) in [6.45, 7) is 5.72. The molecule has 1 saturated heterocycles. The summed E-state index contributed by atoms with van der Waals surface area (Å²) < 4.78 is 17.7. The maximum Gasteiger partial charge on any atom is 0.306 e. The van der Waals surface area contributed by atoms with Gasteiger partial charge < -0.3 is 45.1 Å². The standard InChI is InChI=1S/C81H145NO10/c1-4-7-10-13-16-19-22-25-27-29-31-33-35-37-38-39-41-43-45-47-49-51-54-57-60-63-66-69-76(86)92-79-78(88)77(87)75(70-83)91-81(79)90-71-72(73(84)67-64-61-58-55-52-24-21-18-15-12-9-6-3)82-80(89)74(85)68-65-62-59-56-53-50-48-46-44-42-40-36-34-32-30-28-26-23-20-17-14-11-8-5-2/h8,11,17,20,25-28,32,34,40,42,64,67,72-75,77-79,81,83-85,87-88H,4-7,9-10,12-16,18-19,21-24,29-31,33,35-39,41,43-63,65-66,68-71H2,1-3H3,(H,82,89)/b11-8-,20-17-,27-25+,28-26-,34-32-,42-40-,67-64+. The second-order valence-electron chi connectivity index (χ2n) is 26.7. The van der Waals surface area contributed by atoms with Crippen LogP contribution in [0, 0.1) is 0 Å². The lowest BCUT2D eigenvalue weighted by molar-refractivity contribution is -0.305. The largest absolute Gasteiger partial charge is 0.454 e. The molecule has 1 amide bonds. The molecular weight excluding hydrogens is 1150 g/mol. The molecule has 6 N–H and O–H groups in total. The van der Waals surface area contributed by atoms with E-state index in [-0.39, 0.29) is 19.4 Å². The van der Waals surface area contributed by atoms with Gasteiger partial charge in [0, 0.05) is 6.42 Å². The van der Waals surface area contributed by atoms with Crippen LogP contribution in [0.3, 0.4) is 0 Å². The van der Waals surface area contributed by atoms with Crippen molar-refractivity contribution in [2.45, 2.75) is 404 Å². The third-order valence-electron chi connectivity index (χ3n) is 18.0. The monoisotopic (exact) mass is 1290 g/mol. The molecule has 0 aromatic carbocycles. The Kier molecular flexibility index (Phi) is 64.0.